The molecule has 0 bridgehead atoms. The van der Waals surface area contributed by atoms with E-state index in [0.717, 1.165) is 25.7 Å². The quantitative estimate of drug-likeness (QED) is 0.562. The zero-order valence-corrected chi connectivity index (χ0v) is 10.5. The lowest BCUT2D eigenvalue weighted by Crippen LogP contribution is -2.43. The van der Waals surface area contributed by atoms with Gasteiger partial charge in [0.1, 0.15) is 5.69 Å². The first-order chi connectivity index (χ1) is 9.11. The second kappa shape index (κ2) is 5.83. The lowest BCUT2D eigenvalue weighted by atomic mass is 9.85. The fourth-order valence-corrected chi connectivity index (χ4v) is 2.48. The lowest BCUT2D eigenvalue weighted by Gasteiger charge is -2.30. The number of aromatic amines is 1. The van der Waals surface area contributed by atoms with Gasteiger partial charge in [0, 0.05) is 24.6 Å². The molecule has 1 aliphatic rings. The van der Waals surface area contributed by atoms with E-state index in [1.807, 2.05) is 0 Å². The molecule has 1 aromatic rings. The van der Waals surface area contributed by atoms with E-state index < -0.39 is 4.92 Å². The molecule has 3 N–H and O–H groups in total. The molecule has 1 aromatic heterocycles. The van der Waals surface area contributed by atoms with Crippen LogP contribution in [-0.2, 0) is 0 Å². The number of carbonyl (C=O) groups excluding carboxylic acids is 1. The smallest absolute Gasteiger partial charge is 0.287 e. The number of hydrogen-bond donors (Lipinski definition) is 3. The van der Waals surface area contributed by atoms with Crippen LogP contribution in [0.4, 0.5) is 5.69 Å². The Labute approximate surface area is 110 Å². The van der Waals surface area contributed by atoms with Crippen LogP contribution in [-0.4, -0.2) is 33.6 Å². The maximum atomic E-state index is 12.0. The molecule has 19 heavy (non-hydrogen) atoms. The summed E-state index contributed by atoms with van der Waals surface area (Å²) in [6, 6.07) is 1.15. The molecule has 1 fully saturated rings. The number of aliphatic hydroxyl groups excluding tert-OH is 1. The highest BCUT2D eigenvalue weighted by molar-refractivity contribution is 5.93. The van der Waals surface area contributed by atoms with E-state index >= 15 is 0 Å². The number of nitrogens with zero attached hydrogens (tertiary/aromatic N) is 1. The van der Waals surface area contributed by atoms with Gasteiger partial charge in [0.25, 0.3) is 11.6 Å². The van der Waals surface area contributed by atoms with Crippen molar-refractivity contribution >= 4 is 11.6 Å². The van der Waals surface area contributed by atoms with Crippen LogP contribution in [0.3, 0.4) is 0 Å². The summed E-state index contributed by atoms with van der Waals surface area (Å²) in [5, 5.41) is 22.7. The Kier molecular flexibility index (Phi) is 4.16. The molecule has 1 aliphatic carbocycles. The van der Waals surface area contributed by atoms with Crippen LogP contribution in [0, 0.1) is 16.0 Å². The minimum Gasteiger partial charge on any atom is -0.396 e. The Morgan fingerprint density at radius 2 is 2.26 bits per heavy atom. The molecule has 7 heteroatoms. The summed E-state index contributed by atoms with van der Waals surface area (Å²) in [6.07, 6.45) is 5.00. The monoisotopic (exact) mass is 267 g/mol. The van der Waals surface area contributed by atoms with Crippen LogP contribution in [0.5, 0.6) is 0 Å². The second-order valence-electron chi connectivity index (χ2n) is 4.84. The van der Waals surface area contributed by atoms with Crippen LogP contribution >= 0.6 is 0 Å². The first-order valence-corrected chi connectivity index (χ1v) is 6.36. The van der Waals surface area contributed by atoms with Gasteiger partial charge in [-0.1, -0.05) is 12.8 Å². The van der Waals surface area contributed by atoms with Crippen LogP contribution in [0.1, 0.15) is 36.2 Å². The Morgan fingerprint density at radius 1 is 1.53 bits per heavy atom. The molecule has 0 aromatic carbocycles. The Hall–Kier alpha value is -1.89. The topological polar surface area (TPSA) is 108 Å². The van der Waals surface area contributed by atoms with Gasteiger partial charge in [0.2, 0.25) is 0 Å². The third-order valence-corrected chi connectivity index (χ3v) is 3.58. The highest BCUT2D eigenvalue weighted by Crippen LogP contribution is 2.24. The Balaban J connectivity index is 2.01. The third kappa shape index (κ3) is 3.11. The van der Waals surface area contributed by atoms with Crippen LogP contribution in [0.15, 0.2) is 12.3 Å². The van der Waals surface area contributed by atoms with E-state index in [4.69, 9.17) is 0 Å². The van der Waals surface area contributed by atoms with Crippen LogP contribution in [0.25, 0.3) is 0 Å². The summed E-state index contributed by atoms with van der Waals surface area (Å²) >= 11 is 0. The van der Waals surface area contributed by atoms with Gasteiger partial charge in [-0.25, -0.2) is 0 Å². The summed E-state index contributed by atoms with van der Waals surface area (Å²) in [5.41, 5.74) is 0.0430. The van der Waals surface area contributed by atoms with Gasteiger partial charge in [-0.15, -0.1) is 0 Å². The first-order valence-electron chi connectivity index (χ1n) is 6.36. The SMILES string of the molecule is O=C(NC1CCCCC1CO)c1cc([N+](=O)[O-])c[nH]1. The van der Waals surface area contributed by atoms with Crippen molar-refractivity contribution in [3.8, 4) is 0 Å². The van der Waals surface area contributed by atoms with E-state index in [-0.39, 0.29) is 35.9 Å². The second-order valence-corrected chi connectivity index (χ2v) is 4.84. The highest BCUT2D eigenvalue weighted by Gasteiger charge is 2.26. The minimum atomic E-state index is -0.551. The largest absolute Gasteiger partial charge is 0.396 e. The molecule has 2 rings (SSSR count). The van der Waals surface area contributed by atoms with Crippen molar-refractivity contribution in [3.63, 3.8) is 0 Å². The number of H-pyrrole nitrogens is 1. The standard InChI is InChI=1S/C12H17N3O4/c16-7-8-3-1-2-4-10(8)14-12(17)11-5-9(6-13-11)15(18)19/h5-6,8,10,13,16H,1-4,7H2,(H,14,17). The summed E-state index contributed by atoms with van der Waals surface area (Å²) in [7, 11) is 0. The van der Waals surface area contributed by atoms with E-state index in [1.165, 1.54) is 12.3 Å². The average molecular weight is 267 g/mol. The lowest BCUT2D eigenvalue weighted by molar-refractivity contribution is -0.384. The van der Waals surface area contributed by atoms with Crippen molar-refractivity contribution in [2.75, 3.05) is 6.61 Å². The molecule has 7 nitrogen and oxygen atoms in total. The molecule has 1 amide bonds. The summed E-state index contributed by atoms with van der Waals surface area (Å²) in [5.74, 6) is -0.291. The van der Waals surface area contributed by atoms with E-state index in [2.05, 4.69) is 10.3 Å². The molecule has 0 radical (unpaired) electrons. The average Bonchev–Trinajstić information content (AvgIpc) is 2.89. The van der Waals surface area contributed by atoms with Gasteiger partial charge in [-0.3, -0.25) is 14.9 Å². The zero-order valence-electron chi connectivity index (χ0n) is 10.5. The Morgan fingerprint density at radius 3 is 2.89 bits per heavy atom. The van der Waals surface area contributed by atoms with Crippen molar-refractivity contribution in [1.29, 1.82) is 0 Å². The number of hydrogen-bond acceptors (Lipinski definition) is 4. The van der Waals surface area contributed by atoms with Gasteiger partial charge in [-0.05, 0) is 12.8 Å². The number of aromatic nitrogens is 1. The van der Waals surface area contributed by atoms with Crippen LogP contribution < -0.4 is 5.32 Å². The van der Waals surface area contributed by atoms with Crippen molar-refractivity contribution in [2.45, 2.75) is 31.7 Å². The predicted octanol–water partition coefficient (Wildman–Crippen LogP) is 1.20. The van der Waals surface area contributed by atoms with Crippen LogP contribution in [0.2, 0.25) is 0 Å². The highest BCUT2D eigenvalue weighted by atomic mass is 16.6. The predicted molar refractivity (Wildman–Crippen MR) is 67.7 cm³/mol. The fraction of sp³-hybridized carbons (Fsp3) is 0.583. The summed E-state index contributed by atoms with van der Waals surface area (Å²) in [4.78, 5) is 24.6. The number of aliphatic hydroxyl groups is 1. The molecule has 0 spiro atoms. The van der Waals surface area contributed by atoms with Crippen molar-refractivity contribution in [2.24, 2.45) is 5.92 Å². The number of nitro groups is 1. The molecule has 1 heterocycles. The van der Waals surface area contributed by atoms with Crippen molar-refractivity contribution < 1.29 is 14.8 Å². The molecule has 2 unspecified atom stereocenters. The fourth-order valence-electron chi connectivity index (χ4n) is 2.48. The summed E-state index contributed by atoms with van der Waals surface area (Å²) in [6.45, 7) is 0.0514. The van der Waals surface area contributed by atoms with Gasteiger partial charge < -0.3 is 15.4 Å². The molecular weight excluding hydrogens is 250 g/mol. The van der Waals surface area contributed by atoms with E-state index in [1.54, 1.807) is 0 Å². The first kappa shape index (κ1) is 13.5. The van der Waals surface area contributed by atoms with Gasteiger partial charge >= 0.3 is 0 Å². The van der Waals surface area contributed by atoms with E-state index in [9.17, 15) is 20.0 Å². The third-order valence-electron chi connectivity index (χ3n) is 3.58. The molecule has 0 saturated heterocycles. The zero-order chi connectivity index (χ0) is 13.8. The maximum absolute atomic E-state index is 12.0. The minimum absolute atomic E-state index is 0.0514. The van der Waals surface area contributed by atoms with Crippen molar-refractivity contribution in [3.05, 3.63) is 28.1 Å². The van der Waals surface area contributed by atoms with Gasteiger partial charge in [0.15, 0.2) is 0 Å². The van der Waals surface area contributed by atoms with E-state index in [0.29, 0.717) is 0 Å². The van der Waals surface area contributed by atoms with Crippen molar-refractivity contribution in [1.82, 2.24) is 10.3 Å². The molecular formula is C12H17N3O4. The Bertz CT molecular complexity index is 471. The normalized spacial score (nSPS) is 23.0. The summed E-state index contributed by atoms with van der Waals surface area (Å²) < 4.78 is 0. The number of carbonyl (C=O) groups is 1. The molecule has 104 valence electrons. The molecule has 2 atom stereocenters. The molecule has 1 saturated carbocycles. The number of amides is 1. The maximum Gasteiger partial charge on any atom is 0.287 e. The van der Waals surface area contributed by atoms with Gasteiger partial charge in [0.05, 0.1) is 11.1 Å². The molecule has 0 aliphatic heterocycles. The van der Waals surface area contributed by atoms with Gasteiger partial charge in [-0.2, -0.15) is 0 Å². The number of rotatable bonds is 4. The number of nitrogens with one attached hydrogen (secondary N) is 2.